The number of para-hydroxylation sites is 1. The van der Waals surface area contributed by atoms with Gasteiger partial charge in [-0.15, -0.1) is 0 Å². The summed E-state index contributed by atoms with van der Waals surface area (Å²) in [4.78, 5) is 12.7. The van der Waals surface area contributed by atoms with Gasteiger partial charge in [0.05, 0.1) is 12.0 Å². The zero-order valence-electron chi connectivity index (χ0n) is 11.6. The number of ketones is 1. The van der Waals surface area contributed by atoms with Gasteiger partial charge in [-0.25, -0.2) is 0 Å². The molecule has 21 heavy (non-hydrogen) atoms. The van der Waals surface area contributed by atoms with Crippen LogP contribution in [0, 0.1) is 0 Å². The molecule has 1 aliphatic carbocycles. The second-order valence-electron chi connectivity index (χ2n) is 5.61. The Labute approximate surface area is 123 Å². The maximum atomic E-state index is 12.7. The summed E-state index contributed by atoms with van der Waals surface area (Å²) in [6.45, 7) is 0.423. The van der Waals surface area contributed by atoms with Crippen LogP contribution in [0.1, 0.15) is 34.7 Å². The van der Waals surface area contributed by atoms with E-state index in [2.05, 4.69) is 0 Å². The van der Waals surface area contributed by atoms with Crippen LogP contribution in [-0.4, -0.2) is 18.5 Å². The van der Waals surface area contributed by atoms with Crippen molar-refractivity contribution < 1.29 is 14.3 Å². The Kier molecular flexibility index (Phi) is 2.92. The summed E-state index contributed by atoms with van der Waals surface area (Å²) < 4.78 is 11.4. The highest BCUT2D eigenvalue weighted by Gasteiger charge is 2.31. The fraction of sp³-hybridized carbons (Fsp3) is 0.278. The maximum Gasteiger partial charge on any atom is 0.174 e. The number of rotatable bonds is 4. The number of ether oxygens (including phenoxy) is 2. The largest absolute Gasteiger partial charge is 0.492 e. The second kappa shape index (κ2) is 4.92. The van der Waals surface area contributed by atoms with Crippen molar-refractivity contribution in [2.45, 2.75) is 24.9 Å². The van der Waals surface area contributed by atoms with Gasteiger partial charge in [0.15, 0.2) is 5.78 Å². The van der Waals surface area contributed by atoms with Crippen molar-refractivity contribution in [3.8, 4) is 11.5 Å². The van der Waals surface area contributed by atoms with Crippen molar-refractivity contribution in [3.05, 3.63) is 59.7 Å². The standard InChI is InChI=1S/C18H16O3/c19-18(16-11-20-17-7-2-1-6-15(16)17)12-4-3-5-14(10-12)21-13-8-9-13/h1-7,10,13,16H,8-9,11H2. The van der Waals surface area contributed by atoms with E-state index in [1.807, 2.05) is 48.5 Å². The number of carbonyl (C=O) groups is 1. The third-order valence-electron chi connectivity index (χ3n) is 3.96. The Morgan fingerprint density at radius 2 is 1.95 bits per heavy atom. The number of hydrogen-bond acceptors (Lipinski definition) is 3. The zero-order valence-corrected chi connectivity index (χ0v) is 11.6. The summed E-state index contributed by atoms with van der Waals surface area (Å²) in [5.74, 6) is 1.50. The van der Waals surface area contributed by atoms with E-state index < -0.39 is 0 Å². The quantitative estimate of drug-likeness (QED) is 0.803. The molecule has 1 saturated carbocycles. The summed E-state index contributed by atoms with van der Waals surface area (Å²) in [7, 11) is 0. The molecule has 0 saturated heterocycles. The molecular formula is C18H16O3. The lowest BCUT2D eigenvalue weighted by molar-refractivity contribution is 0.0947. The predicted octanol–water partition coefficient (Wildman–Crippen LogP) is 3.59. The molecular weight excluding hydrogens is 264 g/mol. The first-order chi connectivity index (χ1) is 10.3. The van der Waals surface area contributed by atoms with Crippen molar-refractivity contribution >= 4 is 5.78 Å². The first-order valence-corrected chi connectivity index (χ1v) is 7.34. The van der Waals surface area contributed by atoms with Crippen LogP contribution in [0.25, 0.3) is 0 Å². The molecule has 3 heteroatoms. The topological polar surface area (TPSA) is 35.5 Å². The van der Waals surface area contributed by atoms with E-state index in [0.29, 0.717) is 18.3 Å². The first-order valence-electron chi connectivity index (χ1n) is 7.34. The van der Waals surface area contributed by atoms with Crippen LogP contribution < -0.4 is 9.47 Å². The SMILES string of the molecule is O=C(c1cccc(OC2CC2)c1)C1COc2ccccc21. The summed E-state index contributed by atoms with van der Waals surface area (Å²) in [5.41, 5.74) is 1.68. The smallest absolute Gasteiger partial charge is 0.174 e. The molecule has 2 aliphatic rings. The van der Waals surface area contributed by atoms with Gasteiger partial charge in [0.2, 0.25) is 0 Å². The van der Waals surface area contributed by atoms with E-state index in [4.69, 9.17) is 9.47 Å². The fourth-order valence-electron chi connectivity index (χ4n) is 2.68. The third-order valence-corrected chi connectivity index (χ3v) is 3.96. The van der Waals surface area contributed by atoms with Crippen LogP contribution in [0.2, 0.25) is 0 Å². The Balaban J connectivity index is 1.60. The normalized spacial score (nSPS) is 19.7. The van der Waals surface area contributed by atoms with E-state index in [0.717, 1.165) is 29.9 Å². The van der Waals surface area contributed by atoms with Gasteiger partial charge < -0.3 is 9.47 Å². The van der Waals surface area contributed by atoms with Gasteiger partial charge >= 0.3 is 0 Å². The van der Waals surface area contributed by atoms with Gasteiger partial charge in [-0.05, 0) is 31.0 Å². The lowest BCUT2D eigenvalue weighted by atomic mass is 9.92. The Hall–Kier alpha value is -2.29. The number of Topliss-reactive ketones (excluding diaryl/α,β-unsaturated/α-hetero) is 1. The molecule has 0 bridgehead atoms. The van der Waals surface area contributed by atoms with Gasteiger partial charge in [0, 0.05) is 11.1 Å². The Morgan fingerprint density at radius 3 is 2.81 bits per heavy atom. The summed E-state index contributed by atoms with van der Waals surface area (Å²) in [5, 5.41) is 0. The van der Waals surface area contributed by atoms with Gasteiger partial charge in [0.1, 0.15) is 18.1 Å². The molecule has 0 aromatic heterocycles. The van der Waals surface area contributed by atoms with Crippen LogP contribution >= 0.6 is 0 Å². The van der Waals surface area contributed by atoms with Crippen LogP contribution in [0.15, 0.2) is 48.5 Å². The lowest BCUT2D eigenvalue weighted by Crippen LogP contribution is -2.14. The van der Waals surface area contributed by atoms with E-state index in [-0.39, 0.29) is 11.7 Å². The average molecular weight is 280 g/mol. The minimum Gasteiger partial charge on any atom is -0.492 e. The minimum atomic E-state index is -0.211. The molecule has 2 aromatic rings. The average Bonchev–Trinajstić information content (AvgIpc) is 3.23. The third kappa shape index (κ3) is 2.40. The highest BCUT2D eigenvalue weighted by atomic mass is 16.5. The van der Waals surface area contributed by atoms with Crippen molar-refractivity contribution in [1.29, 1.82) is 0 Å². The molecule has 1 fully saturated rings. The van der Waals surface area contributed by atoms with Gasteiger partial charge in [-0.3, -0.25) is 4.79 Å². The molecule has 0 N–H and O–H groups in total. The van der Waals surface area contributed by atoms with Crippen molar-refractivity contribution in [3.63, 3.8) is 0 Å². The number of hydrogen-bond donors (Lipinski definition) is 0. The van der Waals surface area contributed by atoms with Gasteiger partial charge in [-0.2, -0.15) is 0 Å². The monoisotopic (exact) mass is 280 g/mol. The molecule has 4 rings (SSSR count). The maximum absolute atomic E-state index is 12.7. The van der Waals surface area contributed by atoms with E-state index >= 15 is 0 Å². The number of fused-ring (bicyclic) bond motifs is 1. The minimum absolute atomic E-state index is 0.0983. The second-order valence-corrected chi connectivity index (χ2v) is 5.61. The van der Waals surface area contributed by atoms with Crippen molar-refractivity contribution in [2.75, 3.05) is 6.61 Å². The molecule has 0 spiro atoms. The van der Waals surface area contributed by atoms with Crippen molar-refractivity contribution in [2.24, 2.45) is 0 Å². The molecule has 0 amide bonds. The highest BCUT2D eigenvalue weighted by Crippen LogP contribution is 2.36. The molecule has 106 valence electrons. The van der Waals surface area contributed by atoms with Crippen LogP contribution in [0.4, 0.5) is 0 Å². The van der Waals surface area contributed by atoms with Crippen LogP contribution in [0.3, 0.4) is 0 Å². The number of carbonyl (C=O) groups excluding carboxylic acids is 1. The molecule has 3 nitrogen and oxygen atoms in total. The summed E-state index contributed by atoms with van der Waals surface area (Å²) in [6, 6.07) is 15.2. The van der Waals surface area contributed by atoms with Crippen molar-refractivity contribution in [1.82, 2.24) is 0 Å². The van der Waals surface area contributed by atoms with E-state index in [1.54, 1.807) is 0 Å². The van der Waals surface area contributed by atoms with Crippen LogP contribution in [0.5, 0.6) is 11.5 Å². The number of benzene rings is 2. The van der Waals surface area contributed by atoms with E-state index in [9.17, 15) is 4.79 Å². The fourth-order valence-corrected chi connectivity index (χ4v) is 2.68. The van der Waals surface area contributed by atoms with Crippen LogP contribution in [-0.2, 0) is 0 Å². The molecule has 0 radical (unpaired) electrons. The first kappa shape index (κ1) is 12.5. The van der Waals surface area contributed by atoms with Gasteiger partial charge in [-0.1, -0.05) is 30.3 Å². The Morgan fingerprint density at radius 1 is 1.10 bits per heavy atom. The summed E-state index contributed by atoms with van der Waals surface area (Å²) >= 11 is 0. The highest BCUT2D eigenvalue weighted by molar-refractivity contribution is 6.02. The Bertz CT molecular complexity index is 688. The molecule has 1 aliphatic heterocycles. The summed E-state index contributed by atoms with van der Waals surface area (Å²) in [6.07, 6.45) is 2.57. The molecule has 1 atom stereocenters. The predicted molar refractivity (Wildman–Crippen MR) is 79.1 cm³/mol. The van der Waals surface area contributed by atoms with Gasteiger partial charge in [0.25, 0.3) is 0 Å². The van der Waals surface area contributed by atoms with E-state index in [1.165, 1.54) is 0 Å². The zero-order chi connectivity index (χ0) is 14.2. The molecule has 1 unspecified atom stereocenters. The molecule has 1 heterocycles. The lowest BCUT2D eigenvalue weighted by Gasteiger charge is -2.10. The molecule has 2 aromatic carbocycles.